The lowest BCUT2D eigenvalue weighted by Crippen LogP contribution is -2.65. The second kappa shape index (κ2) is 9.82. The van der Waals surface area contributed by atoms with Crippen molar-refractivity contribution in [1.29, 1.82) is 0 Å². The van der Waals surface area contributed by atoms with Crippen molar-refractivity contribution < 1.29 is 37.9 Å². The van der Waals surface area contributed by atoms with Gasteiger partial charge in [-0.25, -0.2) is 4.79 Å². The lowest BCUT2D eigenvalue weighted by atomic mass is 9.36. The second-order valence-electron chi connectivity index (χ2n) is 13.0. The Morgan fingerprint density at radius 3 is 2.43 bits per heavy atom. The summed E-state index contributed by atoms with van der Waals surface area (Å²) in [7, 11) is 0. The lowest BCUT2D eigenvalue weighted by Gasteiger charge is -2.69. The fourth-order valence-electron chi connectivity index (χ4n) is 9.64. The summed E-state index contributed by atoms with van der Waals surface area (Å²) >= 11 is 0. The maximum atomic E-state index is 12.8. The largest absolute Gasteiger partial charge is 0.478 e. The summed E-state index contributed by atoms with van der Waals surface area (Å²) in [5.41, 5.74) is -1.43. The van der Waals surface area contributed by atoms with Crippen molar-refractivity contribution in [3.05, 3.63) is 22.8 Å². The molecule has 0 amide bonds. The van der Waals surface area contributed by atoms with Crippen LogP contribution in [0.1, 0.15) is 108 Å². The molecule has 0 aromatic rings. The Morgan fingerprint density at radius 2 is 1.81 bits per heavy atom. The standard InChI is InChI=1S/C31H48O6/c1-17(2)9-8-10-20(28(35)36)26-22-15-24(34)27-29(5)13-12-23(33)18(3)21(29)11-14-30(27,6)31(22,7)16-25(26)37-19(4)32/h9,18,21-25,27,33-34H,8,10-16H2,1-7H3,(H,35,36)/t18-,21-,22-,23+,24+,25-,27-,29-,30-,31-/m0/s1/i1D3,2D3. The van der Waals surface area contributed by atoms with Crippen LogP contribution in [0.5, 0.6) is 0 Å². The second-order valence-corrected chi connectivity index (χ2v) is 13.0. The molecule has 208 valence electrons. The maximum absolute atomic E-state index is 12.8. The molecule has 6 nitrogen and oxygen atoms in total. The van der Waals surface area contributed by atoms with Crippen molar-refractivity contribution in [2.24, 2.45) is 39.9 Å². The van der Waals surface area contributed by atoms with Crippen molar-refractivity contribution in [3.63, 3.8) is 0 Å². The van der Waals surface area contributed by atoms with E-state index in [2.05, 4.69) is 27.7 Å². The zero-order chi connectivity index (χ0) is 32.5. The van der Waals surface area contributed by atoms with Crippen LogP contribution < -0.4 is 0 Å². The van der Waals surface area contributed by atoms with Crippen molar-refractivity contribution >= 4 is 11.9 Å². The van der Waals surface area contributed by atoms with E-state index in [-0.39, 0.29) is 47.7 Å². The summed E-state index contributed by atoms with van der Waals surface area (Å²) < 4.78 is 51.7. The van der Waals surface area contributed by atoms with Crippen LogP contribution in [0.15, 0.2) is 22.8 Å². The van der Waals surface area contributed by atoms with Gasteiger partial charge >= 0.3 is 11.9 Å². The molecule has 0 saturated heterocycles. The Hall–Kier alpha value is -1.66. The quantitative estimate of drug-likeness (QED) is 0.244. The van der Waals surface area contributed by atoms with E-state index in [1.807, 2.05) is 0 Å². The van der Waals surface area contributed by atoms with Crippen LogP contribution in [-0.2, 0) is 14.3 Å². The first kappa shape index (κ1) is 21.2. The summed E-state index contributed by atoms with van der Waals surface area (Å²) in [5.74, 6) is -1.92. The smallest absolute Gasteiger partial charge is 0.331 e. The maximum Gasteiger partial charge on any atom is 0.331 e. The summed E-state index contributed by atoms with van der Waals surface area (Å²) in [6.07, 6.45) is 2.69. The van der Waals surface area contributed by atoms with E-state index in [9.17, 15) is 24.9 Å². The van der Waals surface area contributed by atoms with Gasteiger partial charge in [0.05, 0.1) is 12.2 Å². The van der Waals surface area contributed by atoms with Gasteiger partial charge in [0.15, 0.2) is 0 Å². The third kappa shape index (κ3) is 4.40. The minimum atomic E-state index is -2.85. The van der Waals surface area contributed by atoms with E-state index in [0.29, 0.717) is 24.8 Å². The number of carbonyl (C=O) groups is 2. The van der Waals surface area contributed by atoms with Gasteiger partial charge < -0.3 is 20.1 Å². The highest BCUT2D eigenvalue weighted by Crippen LogP contribution is 2.74. The van der Waals surface area contributed by atoms with Crippen molar-refractivity contribution in [2.45, 2.75) is 118 Å². The number of carboxylic acid groups (broad SMARTS) is 1. The van der Waals surface area contributed by atoms with Crippen molar-refractivity contribution in [3.8, 4) is 0 Å². The van der Waals surface area contributed by atoms with E-state index < -0.39 is 60.2 Å². The Kier molecular flexibility index (Phi) is 5.63. The monoisotopic (exact) mass is 522 g/mol. The molecule has 4 aliphatic carbocycles. The van der Waals surface area contributed by atoms with Crippen molar-refractivity contribution in [2.75, 3.05) is 0 Å². The number of allylic oxidation sites excluding steroid dienone is 2. The zero-order valence-electron chi connectivity index (χ0n) is 28.8. The number of esters is 1. The first-order valence-electron chi connectivity index (χ1n) is 16.8. The number of aliphatic hydroxyl groups is 2. The highest BCUT2D eigenvalue weighted by atomic mass is 16.5. The van der Waals surface area contributed by atoms with Crippen molar-refractivity contribution in [1.82, 2.24) is 0 Å². The topological polar surface area (TPSA) is 104 Å². The van der Waals surface area contributed by atoms with Crippen LogP contribution in [-0.4, -0.2) is 45.6 Å². The predicted molar refractivity (Wildman–Crippen MR) is 143 cm³/mol. The number of ether oxygens (including phenoxy) is 1. The minimum absolute atomic E-state index is 0.0183. The van der Waals surface area contributed by atoms with E-state index in [1.165, 1.54) is 6.92 Å². The predicted octanol–water partition coefficient (Wildman–Crippen LogP) is 5.67. The number of fused-ring (bicyclic) bond motifs is 5. The Morgan fingerprint density at radius 1 is 1.11 bits per heavy atom. The number of hydrogen-bond donors (Lipinski definition) is 3. The fraction of sp³-hybridized carbons (Fsp3) is 0.806. The molecule has 0 heterocycles. The van der Waals surface area contributed by atoms with Gasteiger partial charge in [0.25, 0.3) is 0 Å². The molecule has 0 aliphatic heterocycles. The minimum Gasteiger partial charge on any atom is -0.478 e. The molecule has 6 heteroatoms. The van der Waals surface area contributed by atoms with Crippen LogP contribution in [0.25, 0.3) is 0 Å². The number of aliphatic hydroxyl groups excluding tert-OH is 2. The number of hydrogen-bond acceptors (Lipinski definition) is 5. The number of carbonyl (C=O) groups excluding carboxylic acids is 1. The van der Waals surface area contributed by atoms with Crippen LogP contribution in [0.2, 0.25) is 0 Å². The van der Waals surface area contributed by atoms with E-state index in [0.717, 1.165) is 25.3 Å². The number of aliphatic carboxylic acids is 1. The molecule has 0 aromatic heterocycles. The number of rotatable bonds is 5. The number of carboxylic acids is 1. The molecular weight excluding hydrogens is 468 g/mol. The van der Waals surface area contributed by atoms with E-state index in [1.54, 1.807) is 0 Å². The third-order valence-electron chi connectivity index (χ3n) is 11.4. The average molecular weight is 523 g/mol. The molecule has 37 heavy (non-hydrogen) atoms. The Bertz CT molecular complexity index is 1180. The summed E-state index contributed by atoms with van der Waals surface area (Å²) in [4.78, 5) is 25.1. The molecule has 4 fully saturated rings. The molecule has 4 saturated carbocycles. The third-order valence-corrected chi connectivity index (χ3v) is 11.4. The summed E-state index contributed by atoms with van der Waals surface area (Å²) in [6, 6.07) is 0. The highest BCUT2D eigenvalue weighted by Gasteiger charge is 2.70. The van der Waals surface area contributed by atoms with Gasteiger partial charge in [0.2, 0.25) is 0 Å². The average Bonchev–Trinajstić information content (AvgIpc) is 3.11. The SMILES string of the molecule is [2H]C([2H])([2H])C(=CCCC(C(=O)O)=C1[C@@H](OC(C)=O)C[C@@]2(C)[C@H]1C[C@@H](O)[C@H]1[C@@]3(C)CC[C@@H](O)[C@@H](C)[C@@H]3CC[C@@]12C)C([2H])([2H])[2H]. The van der Waals surface area contributed by atoms with E-state index in [4.69, 9.17) is 13.0 Å². The molecule has 0 unspecified atom stereocenters. The first-order chi connectivity index (χ1) is 19.6. The van der Waals surface area contributed by atoms with Gasteiger partial charge in [-0.05, 0) is 111 Å². The Labute approximate surface area is 231 Å². The van der Waals surface area contributed by atoms with Gasteiger partial charge in [-0.15, -0.1) is 0 Å². The van der Waals surface area contributed by atoms with Crippen LogP contribution in [0.3, 0.4) is 0 Å². The highest BCUT2D eigenvalue weighted by molar-refractivity contribution is 5.88. The van der Waals surface area contributed by atoms with Gasteiger partial charge in [-0.1, -0.05) is 39.3 Å². The lowest BCUT2D eigenvalue weighted by molar-refractivity contribution is -0.234. The summed E-state index contributed by atoms with van der Waals surface area (Å²) in [6.45, 7) is 4.24. The van der Waals surface area contributed by atoms with Gasteiger partial charge in [-0.2, -0.15) is 0 Å². The normalized spacial score (nSPS) is 49.3. The van der Waals surface area contributed by atoms with E-state index >= 15 is 0 Å². The Balaban J connectivity index is 1.80. The molecule has 0 bridgehead atoms. The van der Waals surface area contributed by atoms with Gasteiger partial charge in [0, 0.05) is 20.7 Å². The summed E-state index contributed by atoms with van der Waals surface area (Å²) in [5, 5.41) is 33.1. The van der Waals surface area contributed by atoms with Crippen LogP contribution >= 0.6 is 0 Å². The molecular formula is C31H48O6. The first-order valence-corrected chi connectivity index (χ1v) is 13.8. The molecule has 0 aromatic carbocycles. The van der Waals surface area contributed by atoms with Gasteiger partial charge in [-0.3, -0.25) is 4.79 Å². The molecule has 4 rings (SSSR count). The zero-order valence-corrected chi connectivity index (χ0v) is 22.8. The fourth-order valence-corrected chi connectivity index (χ4v) is 9.64. The van der Waals surface area contributed by atoms with Gasteiger partial charge in [0.1, 0.15) is 6.10 Å². The molecule has 0 spiro atoms. The molecule has 10 atom stereocenters. The van der Waals surface area contributed by atoms with Crippen LogP contribution in [0, 0.1) is 39.9 Å². The molecule has 0 radical (unpaired) electrons. The molecule has 3 N–H and O–H groups in total. The van der Waals surface area contributed by atoms with Crippen LogP contribution in [0.4, 0.5) is 0 Å². The molecule has 4 aliphatic rings.